The van der Waals surface area contributed by atoms with Gasteiger partial charge in [-0.1, -0.05) is 16.8 Å². The van der Waals surface area contributed by atoms with Crippen LogP contribution in [0.15, 0.2) is 58.1 Å². The number of halogens is 2. The molecule has 6 rings (SSSR count). The molecule has 10 heteroatoms. The Bertz CT molecular complexity index is 1550. The normalized spacial score (nSPS) is 16.2. The molecule has 0 amide bonds. The Labute approximate surface area is 191 Å². The van der Waals surface area contributed by atoms with E-state index in [-0.39, 0.29) is 29.2 Å². The maximum absolute atomic E-state index is 13.7. The van der Waals surface area contributed by atoms with Crippen molar-refractivity contribution < 1.29 is 13.7 Å². The second-order valence-electron chi connectivity index (χ2n) is 7.93. The van der Waals surface area contributed by atoms with Gasteiger partial charge < -0.3 is 13.8 Å². The zero-order valence-electron chi connectivity index (χ0n) is 17.2. The fraction of sp³-hybridized carbons (Fsp3) is 0.217. The number of benzene rings is 2. The molecule has 4 heterocycles. The molecular formula is C23H17ClFN5O3. The summed E-state index contributed by atoms with van der Waals surface area (Å²) in [7, 11) is 0. The molecule has 5 aromatic rings. The van der Waals surface area contributed by atoms with Gasteiger partial charge in [0, 0.05) is 17.2 Å². The van der Waals surface area contributed by atoms with E-state index in [4.69, 9.17) is 20.9 Å². The lowest BCUT2D eigenvalue weighted by Crippen LogP contribution is -2.28. The monoisotopic (exact) mass is 465 g/mol. The van der Waals surface area contributed by atoms with E-state index in [1.54, 1.807) is 39.6 Å². The minimum absolute atomic E-state index is 0.0473. The Morgan fingerprint density at radius 3 is 2.79 bits per heavy atom. The molecule has 0 spiro atoms. The van der Waals surface area contributed by atoms with Crippen molar-refractivity contribution in [2.45, 2.75) is 25.5 Å². The SMILES string of the molecule is O=c1c2c(-c3noc(-c4ccc(F)cc4)n3)ncn2c2ccc(Cl)cc2n1CC1CCCO1. The Hall–Kier alpha value is -3.56. The quantitative estimate of drug-likeness (QED) is 0.392. The molecule has 2 aromatic carbocycles. The van der Waals surface area contributed by atoms with E-state index < -0.39 is 0 Å². The number of ether oxygens (including phenoxy) is 1. The van der Waals surface area contributed by atoms with Gasteiger partial charge in [-0.25, -0.2) is 9.37 Å². The van der Waals surface area contributed by atoms with E-state index >= 15 is 0 Å². The van der Waals surface area contributed by atoms with E-state index in [0.717, 1.165) is 18.4 Å². The molecule has 166 valence electrons. The van der Waals surface area contributed by atoms with Crippen molar-refractivity contribution in [2.24, 2.45) is 0 Å². The predicted octanol–water partition coefficient (Wildman–Crippen LogP) is 4.34. The summed E-state index contributed by atoms with van der Waals surface area (Å²) in [5, 5.41) is 4.56. The summed E-state index contributed by atoms with van der Waals surface area (Å²) >= 11 is 6.26. The summed E-state index contributed by atoms with van der Waals surface area (Å²) in [6.45, 7) is 1.09. The molecule has 33 heavy (non-hydrogen) atoms. The average Bonchev–Trinajstić information content (AvgIpc) is 3.57. The minimum Gasteiger partial charge on any atom is -0.376 e. The summed E-state index contributed by atoms with van der Waals surface area (Å²) in [5.74, 6) is 0.0154. The first kappa shape index (κ1) is 20.1. The van der Waals surface area contributed by atoms with E-state index in [0.29, 0.717) is 40.5 Å². The molecule has 0 N–H and O–H groups in total. The largest absolute Gasteiger partial charge is 0.376 e. The van der Waals surface area contributed by atoms with E-state index in [1.807, 2.05) is 6.07 Å². The molecule has 1 aliphatic heterocycles. The van der Waals surface area contributed by atoms with E-state index in [1.165, 1.54) is 12.1 Å². The van der Waals surface area contributed by atoms with Crippen LogP contribution in [-0.2, 0) is 11.3 Å². The number of imidazole rings is 1. The van der Waals surface area contributed by atoms with Crippen LogP contribution in [0, 0.1) is 5.82 Å². The van der Waals surface area contributed by atoms with Crippen LogP contribution in [0.4, 0.5) is 4.39 Å². The molecular weight excluding hydrogens is 449 g/mol. The lowest BCUT2D eigenvalue weighted by Gasteiger charge is -2.16. The summed E-state index contributed by atoms with van der Waals surface area (Å²) in [4.78, 5) is 22.5. The maximum Gasteiger partial charge on any atom is 0.277 e. The average molecular weight is 466 g/mol. The second kappa shape index (κ2) is 7.79. The Morgan fingerprint density at radius 2 is 2.00 bits per heavy atom. The van der Waals surface area contributed by atoms with Crippen molar-refractivity contribution in [3.8, 4) is 23.0 Å². The third-order valence-corrected chi connectivity index (χ3v) is 6.08. The van der Waals surface area contributed by atoms with Crippen molar-refractivity contribution in [3.63, 3.8) is 0 Å². The van der Waals surface area contributed by atoms with Crippen molar-refractivity contribution in [3.05, 3.63) is 70.0 Å². The first-order valence-electron chi connectivity index (χ1n) is 10.5. The molecule has 1 unspecified atom stereocenters. The van der Waals surface area contributed by atoms with Crippen LogP contribution in [0.2, 0.25) is 5.02 Å². The molecule has 1 saturated heterocycles. The predicted molar refractivity (Wildman–Crippen MR) is 120 cm³/mol. The van der Waals surface area contributed by atoms with Crippen LogP contribution in [-0.4, -0.2) is 36.8 Å². The van der Waals surface area contributed by atoms with Crippen LogP contribution in [0.25, 0.3) is 39.5 Å². The molecule has 8 nitrogen and oxygen atoms in total. The lowest BCUT2D eigenvalue weighted by molar-refractivity contribution is 0.0973. The highest BCUT2D eigenvalue weighted by Crippen LogP contribution is 2.27. The van der Waals surface area contributed by atoms with Crippen molar-refractivity contribution in [1.29, 1.82) is 0 Å². The molecule has 0 bridgehead atoms. The zero-order valence-corrected chi connectivity index (χ0v) is 18.0. The number of fused-ring (bicyclic) bond motifs is 3. The molecule has 1 aliphatic rings. The van der Waals surface area contributed by atoms with Gasteiger partial charge in [0.1, 0.15) is 23.4 Å². The van der Waals surface area contributed by atoms with Crippen molar-refractivity contribution in [2.75, 3.05) is 6.61 Å². The van der Waals surface area contributed by atoms with E-state index in [2.05, 4.69) is 15.1 Å². The maximum atomic E-state index is 13.7. The van der Waals surface area contributed by atoms with Gasteiger partial charge in [-0.3, -0.25) is 9.20 Å². The third-order valence-electron chi connectivity index (χ3n) is 5.84. The molecule has 0 saturated carbocycles. The third kappa shape index (κ3) is 3.40. The number of rotatable bonds is 4. The number of hydrogen-bond acceptors (Lipinski definition) is 6. The smallest absolute Gasteiger partial charge is 0.277 e. The van der Waals surface area contributed by atoms with Crippen LogP contribution >= 0.6 is 11.6 Å². The fourth-order valence-electron chi connectivity index (χ4n) is 4.26. The van der Waals surface area contributed by atoms with Gasteiger partial charge in [-0.05, 0) is 55.3 Å². The second-order valence-corrected chi connectivity index (χ2v) is 8.36. The van der Waals surface area contributed by atoms with Gasteiger partial charge in [-0.2, -0.15) is 4.98 Å². The summed E-state index contributed by atoms with van der Waals surface area (Å²) in [6, 6.07) is 11.1. The summed E-state index contributed by atoms with van der Waals surface area (Å²) in [5.41, 5.74) is 2.41. The molecule has 1 fully saturated rings. The highest BCUT2D eigenvalue weighted by molar-refractivity contribution is 6.31. The number of nitrogens with zero attached hydrogens (tertiary/aromatic N) is 5. The number of hydrogen-bond donors (Lipinski definition) is 0. The molecule has 1 atom stereocenters. The van der Waals surface area contributed by atoms with Gasteiger partial charge >= 0.3 is 0 Å². The van der Waals surface area contributed by atoms with Crippen LogP contribution in [0.5, 0.6) is 0 Å². The van der Waals surface area contributed by atoms with Gasteiger partial charge in [-0.15, -0.1) is 0 Å². The molecule has 0 radical (unpaired) electrons. The Kier molecular flexibility index (Phi) is 4.74. The minimum atomic E-state index is -0.364. The van der Waals surface area contributed by atoms with Gasteiger partial charge in [0.05, 0.1) is 23.7 Å². The summed E-state index contributed by atoms with van der Waals surface area (Å²) in [6.07, 6.45) is 3.37. The van der Waals surface area contributed by atoms with E-state index in [9.17, 15) is 9.18 Å². The van der Waals surface area contributed by atoms with Gasteiger partial charge in [0.15, 0.2) is 0 Å². The van der Waals surface area contributed by atoms with Gasteiger partial charge in [0.25, 0.3) is 11.4 Å². The van der Waals surface area contributed by atoms with Crippen LogP contribution < -0.4 is 5.56 Å². The lowest BCUT2D eigenvalue weighted by atomic mass is 10.2. The Balaban J connectivity index is 1.54. The first-order chi connectivity index (χ1) is 16.1. The van der Waals surface area contributed by atoms with Crippen LogP contribution in [0.1, 0.15) is 12.8 Å². The zero-order chi connectivity index (χ0) is 22.5. The molecule has 3 aromatic heterocycles. The summed E-state index contributed by atoms with van der Waals surface area (Å²) < 4.78 is 27.8. The first-order valence-corrected chi connectivity index (χ1v) is 10.9. The van der Waals surface area contributed by atoms with Crippen molar-refractivity contribution >= 4 is 28.2 Å². The number of aromatic nitrogens is 5. The standard InChI is InChI=1S/C23H17ClFN5O3/c24-14-5-8-17-18(10-14)29(11-16-2-1-9-32-16)23(31)20-19(26-12-30(17)20)21-27-22(33-28-21)13-3-6-15(25)7-4-13/h3-8,10,12,16H,1-2,9,11H2. The Morgan fingerprint density at radius 1 is 1.15 bits per heavy atom. The topological polar surface area (TPSA) is 87.5 Å². The highest BCUT2D eigenvalue weighted by Gasteiger charge is 2.24. The van der Waals surface area contributed by atoms with Crippen LogP contribution in [0.3, 0.4) is 0 Å². The highest BCUT2D eigenvalue weighted by atomic mass is 35.5. The van der Waals surface area contributed by atoms with Gasteiger partial charge in [0.2, 0.25) is 5.82 Å². The van der Waals surface area contributed by atoms with Crippen molar-refractivity contribution in [1.82, 2.24) is 24.1 Å². The molecule has 0 aliphatic carbocycles. The fourth-order valence-corrected chi connectivity index (χ4v) is 4.42.